The van der Waals surface area contributed by atoms with Gasteiger partial charge in [0.2, 0.25) is 0 Å². The Morgan fingerprint density at radius 1 is 1.18 bits per heavy atom. The number of hydrogen-bond donors (Lipinski definition) is 2. The number of para-hydroxylation sites is 1. The van der Waals surface area contributed by atoms with Crippen molar-refractivity contribution in [1.82, 2.24) is 4.98 Å². The quantitative estimate of drug-likeness (QED) is 0.726. The van der Waals surface area contributed by atoms with E-state index in [-0.39, 0.29) is 5.82 Å². The molecule has 0 amide bonds. The predicted molar refractivity (Wildman–Crippen MR) is 89.7 cm³/mol. The first-order valence-corrected chi connectivity index (χ1v) is 8.42. The lowest BCUT2D eigenvalue weighted by molar-refractivity contribution is 0.599. The maximum atomic E-state index is 14.3. The van der Waals surface area contributed by atoms with Crippen LogP contribution in [0.3, 0.4) is 0 Å². The predicted octanol–water partition coefficient (Wildman–Crippen LogP) is 4.33. The Morgan fingerprint density at radius 3 is 2.68 bits per heavy atom. The van der Waals surface area contributed by atoms with Gasteiger partial charge in [0.05, 0.1) is 10.6 Å². The van der Waals surface area contributed by atoms with Crippen LogP contribution in [0.4, 0.5) is 10.1 Å². The van der Waals surface area contributed by atoms with Crippen LogP contribution in [-0.4, -0.2) is 12.0 Å². The average Bonchev–Trinajstić information content (AvgIpc) is 2.90. The second-order valence-corrected chi connectivity index (χ2v) is 7.19. The van der Waals surface area contributed by atoms with Gasteiger partial charge in [0.15, 0.2) is 0 Å². The first-order chi connectivity index (χ1) is 10.5. The van der Waals surface area contributed by atoms with Crippen LogP contribution in [0.5, 0.6) is 0 Å². The van der Waals surface area contributed by atoms with Gasteiger partial charge < -0.3 is 4.98 Å². The summed E-state index contributed by atoms with van der Waals surface area (Å²) < 4.78 is 23.1. The Balaban J connectivity index is 2.26. The molecule has 0 fully saturated rings. The highest BCUT2D eigenvalue weighted by Gasteiger charge is 2.12. The molecule has 0 saturated carbocycles. The van der Waals surface area contributed by atoms with E-state index >= 15 is 0 Å². The second-order valence-electron chi connectivity index (χ2n) is 5.02. The molecule has 4 nitrogen and oxygen atoms in total. The van der Waals surface area contributed by atoms with Crippen molar-refractivity contribution in [1.29, 1.82) is 0 Å². The van der Waals surface area contributed by atoms with Gasteiger partial charge >= 0.3 is 0 Å². The third-order valence-corrected chi connectivity index (χ3v) is 5.50. The molecule has 1 atom stereocenters. The fourth-order valence-electron chi connectivity index (χ4n) is 2.32. The topological polar surface area (TPSA) is 66.5 Å². The van der Waals surface area contributed by atoms with Gasteiger partial charge in [0.25, 0.3) is 0 Å². The number of aromatic nitrogens is 1. The molecule has 0 aliphatic heterocycles. The first kappa shape index (κ1) is 14.7. The van der Waals surface area contributed by atoms with Crippen molar-refractivity contribution >= 4 is 26.4 Å². The summed E-state index contributed by atoms with van der Waals surface area (Å²) in [4.78, 5) is 3.48. The molecule has 0 aliphatic rings. The molecule has 1 aromatic heterocycles. The van der Waals surface area contributed by atoms with Crippen LogP contribution in [0, 0.1) is 12.7 Å². The molecule has 114 valence electrons. The summed E-state index contributed by atoms with van der Waals surface area (Å²) in [5, 5.41) is 7.29. The number of benzene rings is 2. The fourth-order valence-corrected chi connectivity index (χ4v) is 3.76. The smallest absolute Gasteiger partial charge is 0.140 e. The summed E-state index contributed by atoms with van der Waals surface area (Å²) in [5.74, 6) is -0.369. The number of aryl methyl sites for hydroxylation is 1. The number of hydrogen-bond acceptors (Lipinski definition) is 2. The van der Waals surface area contributed by atoms with E-state index in [4.69, 9.17) is 5.14 Å². The standard InChI is InChI=1S/C16H17FN4S/c1-11-7-8-16(13(17)9-11)22(18,19-2)21-15-10-20-14-6-4-3-5-12(14)15/h3-10,20H,1-2H3,(H2,18,19,21). The SMILES string of the molecule is CN=S(N)(=Nc1c[nH]c2ccccc12)c1ccc(C)cc1F. The van der Waals surface area contributed by atoms with Gasteiger partial charge in [0.1, 0.15) is 5.82 Å². The zero-order chi connectivity index (χ0) is 15.7. The van der Waals surface area contributed by atoms with E-state index in [1.165, 1.54) is 6.07 Å². The molecule has 1 heterocycles. The number of fused-ring (bicyclic) bond motifs is 1. The van der Waals surface area contributed by atoms with E-state index in [0.717, 1.165) is 16.5 Å². The Kier molecular flexibility index (Phi) is 3.72. The van der Waals surface area contributed by atoms with E-state index < -0.39 is 9.81 Å². The van der Waals surface area contributed by atoms with Gasteiger partial charge in [-0.1, -0.05) is 24.3 Å². The zero-order valence-electron chi connectivity index (χ0n) is 12.4. The van der Waals surface area contributed by atoms with Crippen molar-refractivity contribution in [3.63, 3.8) is 0 Å². The average molecular weight is 316 g/mol. The maximum Gasteiger partial charge on any atom is 0.140 e. The summed E-state index contributed by atoms with van der Waals surface area (Å²) >= 11 is 0. The molecule has 0 aliphatic carbocycles. The summed E-state index contributed by atoms with van der Waals surface area (Å²) in [7, 11) is -0.886. The van der Waals surface area contributed by atoms with Crippen LogP contribution in [-0.2, 0) is 9.81 Å². The Bertz CT molecular complexity index is 965. The highest BCUT2D eigenvalue weighted by molar-refractivity contribution is 7.93. The van der Waals surface area contributed by atoms with Crippen LogP contribution in [0.25, 0.3) is 10.9 Å². The van der Waals surface area contributed by atoms with Crippen molar-refractivity contribution in [2.75, 3.05) is 7.05 Å². The van der Waals surface area contributed by atoms with Gasteiger partial charge in [-0.15, -0.1) is 0 Å². The minimum atomic E-state index is -2.46. The molecule has 1 unspecified atom stereocenters. The molecular formula is C16H17FN4S. The molecule has 0 spiro atoms. The van der Waals surface area contributed by atoms with Gasteiger partial charge in [-0.05, 0) is 30.7 Å². The molecule has 0 radical (unpaired) electrons. The normalized spacial score (nSPS) is 13.8. The molecule has 3 rings (SSSR count). The number of halogens is 1. The van der Waals surface area contributed by atoms with Crippen LogP contribution in [0.2, 0.25) is 0 Å². The number of H-pyrrole nitrogens is 1. The monoisotopic (exact) mass is 316 g/mol. The largest absolute Gasteiger partial charge is 0.359 e. The van der Waals surface area contributed by atoms with Crippen molar-refractivity contribution in [3.05, 3.63) is 60.0 Å². The molecule has 0 bridgehead atoms. The highest BCUT2D eigenvalue weighted by Crippen LogP contribution is 2.29. The lowest BCUT2D eigenvalue weighted by atomic mass is 10.2. The third-order valence-electron chi connectivity index (χ3n) is 3.49. The van der Waals surface area contributed by atoms with Crippen molar-refractivity contribution in [2.24, 2.45) is 13.9 Å². The van der Waals surface area contributed by atoms with E-state index in [9.17, 15) is 4.39 Å². The van der Waals surface area contributed by atoms with Crippen LogP contribution in [0.1, 0.15) is 5.56 Å². The summed E-state index contributed by atoms with van der Waals surface area (Å²) in [6.45, 7) is 1.83. The molecule has 3 N–H and O–H groups in total. The van der Waals surface area contributed by atoms with E-state index in [2.05, 4.69) is 13.7 Å². The maximum absolute atomic E-state index is 14.3. The number of nitrogens with one attached hydrogen (secondary N) is 1. The fraction of sp³-hybridized carbons (Fsp3) is 0.125. The molecular weight excluding hydrogens is 299 g/mol. The van der Waals surface area contributed by atoms with Crippen molar-refractivity contribution < 1.29 is 4.39 Å². The van der Waals surface area contributed by atoms with E-state index in [1.54, 1.807) is 19.3 Å². The first-order valence-electron chi connectivity index (χ1n) is 6.81. The Morgan fingerprint density at radius 2 is 1.95 bits per heavy atom. The molecule has 6 heteroatoms. The van der Waals surface area contributed by atoms with Gasteiger partial charge in [-0.25, -0.2) is 8.75 Å². The van der Waals surface area contributed by atoms with E-state index in [1.807, 2.05) is 37.3 Å². The van der Waals surface area contributed by atoms with Crippen LogP contribution in [0.15, 0.2) is 62.3 Å². The Hall–Kier alpha value is -2.18. The number of nitrogens with zero attached hydrogens (tertiary/aromatic N) is 2. The van der Waals surface area contributed by atoms with Crippen LogP contribution < -0.4 is 5.14 Å². The minimum Gasteiger partial charge on any atom is -0.359 e. The lowest BCUT2D eigenvalue weighted by Gasteiger charge is -2.11. The summed E-state index contributed by atoms with van der Waals surface area (Å²) in [6, 6.07) is 12.7. The second kappa shape index (κ2) is 5.55. The molecule has 0 saturated heterocycles. The van der Waals surface area contributed by atoms with Crippen molar-refractivity contribution in [3.8, 4) is 0 Å². The van der Waals surface area contributed by atoms with Gasteiger partial charge in [-0.3, -0.25) is 5.14 Å². The molecule has 22 heavy (non-hydrogen) atoms. The Labute approximate surface area is 129 Å². The van der Waals surface area contributed by atoms with E-state index in [0.29, 0.717) is 10.6 Å². The van der Waals surface area contributed by atoms with Gasteiger partial charge in [-0.2, -0.15) is 4.36 Å². The highest BCUT2D eigenvalue weighted by atomic mass is 32.2. The number of rotatable bonds is 2. The van der Waals surface area contributed by atoms with Gasteiger partial charge in [0, 0.05) is 34.0 Å². The number of aromatic amines is 1. The third kappa shape index (κ3) is 2.51. The minimum absolute atomic E-state index is 0.339. The summed E-state index contributed by atoms with van der Waals surface area (Å²) in [6.07, 6.45) is 1.77. The molecule has 3 aromatic rings. The number of nitrogens with two attached hydrogens (primary N) is 1. The van der Waals surface area contributed by atoms with Crippen molar-refractivity contribution in [2.45, 2.75) is 11.8 Å². The zero-order valence-corrected chi connectivity index (χ0v) is 13.2. The summed E-state index contributed by atoms with van der Waals surface area (Å²) in [5.41, 5.74) is 2.49. The lowest BCUT2D eigenvalue weighted by Crippen LogP contribution is -2.13. The molecule has 2 aromatic carbocycles. The van der Waals surface area contributed by atoms with Crippen LogP contribution >= 0.6 is 0 Å².